The second-order valence-corrected chi connectivity index (χ2v) is 7.38. The van der Waals surface area contributed by atoms with Crippen LogP contribution in [0.3, 0.4) is 0 Å². The Bertz CT molecular complexity index is 409. The molecule has 0 aromatic rings. The van der Waals surface area contributed by atoms with Crippen molar-refractivity contribution in [1.29, 1.82) is 0 Å². The molecule has 6 saturated carbocycles. The Hall–Kier alpha value is -0.670. The number of carboxylic acid groups (broad SMARTS) is 1. The van der Waals surface area contributed by atoms with Gasteiger partial charge in [-0.1, -0.05) is 0 Å². The lowest BCUT2D eigenvalue weighted by Crippen LogP contribution is -2.82. The molecule has 2 nitrogen and oxygen atoms in total. The maximum absolute atomic E-state index is 13.4. The molecule has 6 rings (SSSR count). The highest BCUT2D eigenvalue weighted by atomic mass is 19.3. The van der Waals surface area contributed by atoms with Crippen molar-refractivity contribution in [2.75, 3.05) is 0 Å². The van der Waals surface area contributed by atoms with Crippen LogP contribution in [0.2, 0.25) is 0 Å². The van der Waals surface area contributed by atoms with E-state index in [9.17, 15) is 13.6 Å². The van der Waals surface area contributed by atoms with Gasteiger partial charge < -0.3 is 5.11 Å². The van der Waals surface area contributed by atoms with Crippen LogP contribution < -0.4 is 0 Å². The predicted octanol–water partition coefficient (Wildman–Crippen LogP) is 3.07. The van der Waals surface area contributed by atoms with Crippen molar-refractivity contribution in [3.05, 3.63) is 0 Å². The molecule has 0 unspecified atom stereocenters. The average Bonchev–Trinajstić information content (AvgIpc) is 1.80. The summed E-state index contributed by atoms with van der Waals surface area (Å²) in [6.07, 6.45) is 4.17. The number of aliphatic carboxylic acids is 1. The molecule has 6 aliphatic carbocycles. The van der Waals surface area contributed by atoms with E-state index in [4.69, 9.17) is 5.11 Å². The number of rotatable bonds is 3. The van der Waals surface area contributed by atoms with Crippen molar-refractivity contribution in [1.82, 2.24) is 0 Å². The molecule has 4 heteroatoms. The average molecular weight is 242 g/mol. The zero-order chi connectivity index (χ0) is 12.3. The van der Waals surface area contributed by atoms with Crippen LogP contribution in [-0.4, -0.2) is 17.0 Å². The van der Waals surface area contributed by atoms with E-state index >= 15 is 0 Å². The number of halogens is 2. The lowest BCUT2D eigenvalue weighted by Gasteiger charge is -2.87. The molecule has 0 spiro atoms. The monoisotopic (exact) mass is 242 g/mol. The van der Waals surface area contributed by atoms with Gasteiger partial charge in [0.15, 0.2) is 0 Å². The quantitative estimate of drug-likeness (QED) is 0.825. The summed E-state index contributed by atoms with van der Waals surface area (Å²) >= 11 is 0. The molecular formula is C13H16F2O2. The van der Waals surface area contributed by atoms with Crippen LogP contribution in [-0.2, 0) is 4.79 Å². The van der Waals surface area contributed by atoms with E-state index in [0.717, 1.165) is 26.2 Å². The third-order valence-corrected chi connectivity index (χ3v) is 6.57. The summed E-state index contributed by atoms with van der Waals surface area (Å²) in [6, 6.07) is 0. The van der Waals surface area contributed by atoms with Gasteiger partial charge in [0, 0.05) is 5.41 Å². The van der Waals surface area contributed by atoms with Crippen molar-refractivity contribution in [2.45, 2.75) is 51.4 Å². The summed E-state index contributed by atoms with van der Waals surface area (Å²) in [5.41, 5.74) is -0.946. The molecule has 17 heavy (non-hydrogen) atoms. The minimum absolute atomic E-state index is 0.101. The Morgan fingerprint density at radius 2 is 1.47 bits per heavy atom. The molecule has 0 amide bonds. The number of carboxylic acids is 1. The fourth-order valence-corrected chi connectivity index (χ4v) is 5.39. The van der Waals surface area contributed by atoms with Crippen LogP contribution in [0.25, 0.3) is 0 Å². The van der Waals surface area contributed by atoms with Crippen molar-refractivity contribution in [2.24, 2.45) is 21.7 Å². The van der Waals surface area contributed by atoms with E-state index < -0.39 is 22.7 Å². The molecule has 6 aliphatic rings. The Morgan fingerprint density at radius 1 is 1.06 bits per heavy atom. The molecule has 0 radical (unpaired) electrons. The number of carbonyl (C=O) groups is 1. The minimum atomic E-state index is -2.55. The number of hydrogen-bond donors (Lipinski definition) is 1. The zero-order valence-electron chi connectivity index (χ0n) is 9.85. The van der Waals surface area contributed by atoms with Gasteiger partial charge in [-0.3, -0.25) is 4.79 Å². The zero-order valence-corrected chi connectivity index (χ0v) is 9.85. The van der Waals surface area contributed by atoms with Crippen molar-refractivity contribution >= 4 is 5.97 Å². The second kappa shape index (κ2) is 2.14. The molecule has 0 saturated heterocycles. The number of alkyl halides is 2. The third-order valence-electron chi connectivity index (χ3n) is 6.57. The molecule has 0 heterocycles. The van der Waals surface area contributed by atoms with E-state index in [-0.39, 0.29) is 10.8 Å². The first kappa shape index (κ1) is 10.3. The summed E-state index contributed by atoms with van der Waals surface area (Å²) in [5, 5.41) is 9.07. The summed E-state index contributed by atoms with van der Waals surface area (Å²) in [6.45, 7) is 1.04. The molecule has 0 aromatic carbocycles. The standard InChI is InChI=1S/C13H16F2O2/c1-9(14,15)11-5-13(6-11,7-11)12-2-10(3-12,4-12)8(16)17/h2-7H2,1H3,(H,16,17). The molecule has 94 valence electrons. The molecule has 1 N–H and O–H groups in total. The van der Waals surface area contributed by atoms with Crippen LogP contribution >= 0.6 is 0 Å². The van der Waals surface area contributed by atoms with Gasteiger partial charge in [0.1, 0.15) is 0 Å². The van der Waals surface area contributed by atoms with E-state index in [1.807, 2.05) is 0 Å². The smallest absolute Gasteiger partial charge is 0.309 e. The van der Waals surface area contributed by atoms with Gasteiger partial charge in [-0.15, -0.1) is 0 Å². The first-order valence-corrected chi connectivity index (χ1v) is 6.30. The van der Waals surface area contributed by atoms with Gasteiger partial charge in [-0.2, -0.15) is 0 Å². The third kappa shape index (κ3) is 0.774. The highest BCUT2D eigenvalue weighted by molar-refractivity contribution is 5.79. The van der Waals surface area contributed by atoms with Crippen molar-refractivity contribution < 1.29 is 18.7 Å². The first-order valence-electron chi connectivity index (χ1n) is 6.30. The maximum atomic E-state index is 13.4. The molecular weight excluding hydrogens is 226 g/mol. The Labute approximate surface area is 98.4 Å². The van der Waals surface area contributed by atoms with E-state index in [1.165, 1.54) is 0 Å². The summed E-state index contributed by atoms with van der Waals surface area (Å²) in [5.74, 6) is -3.23. The van der Waals surface area contributed by atoms with E-state index in [2.05, 4.69) is 0 Å². The van der Waals surface area contributed by atoms with Crippen molar-refractivity contribution in [3.8, 4) is 0 Å². The highest BCUT2D eigenvalue weighted by Crippen LogP contribution is 2.93. The van der Waals surface area contributed by atoms with Gasteiger partial charge in [0.2, 0.25) is 0 Å². The summed E-state index contributed by atoms with van der Waals surface area (Å²) in [4.78, 5) is 11.0. The Morgan fingerprint density at radius 3 is 1.82 bits per heavy atom. The van der Waals surface area contributed by atoms with Crippen molar-refractivity contribution in [3.63, 3.8) is 0 Å². The van der Waals surface area contributed by atoms with Gasteiger partial charge in [0.25, 0.3) is 5.92 Å². The maximum Gasteiger partial charge on any atom is 0.309 e. The van der Waals surface area contributed by atoms with E-state index in [1.54, 1.807) is 0 Å². The minimum Gasteiger partial charge on any atom is -0.481 e. The largest absolute Gasteiger partial charge is 0.481 e. The molecule has 4 bridgehead atoms. The fraction of sp³-hybridized carbons (Fsp3) is 0.923. The lowest BCUT2D eigenvalue weighted by atomic mass is 9.16. The lowest BCUT2D eigenvalue weighted by molar-refractivity contribution is -0.411. The first-order chi connectivity index (χ1) is 7.69. The second-order valence-electron chi connectivity index (χ2n) is 7.38. The van der Waals surface area contributed by atoms with Gasteiger partial charge in [0.05, 0.1) is 5.41 Å². The van der Waals surface area contributed by atoms with Crippen LogP contribution in [0.5, 0.6) is 0 Å². The predicted molar refractivity (Wildman–Crippen MR) is 55.7 cm³/mol. The normalized spacial score (nSPS) is 58.3. The highest BCUT2D eigenvalue weighted by Gasteiger charge is 2.88. The molecule has 0 aromatic heterocycles. The van der Waals surface area contributed by atoms with Crippen LogP contribution in [0, 0.1) is 21.7 Å². The van der Waals surface area contributed by atoms with Crippen LogP contribution in [0.1, 0.15) is 45.4 Å². The summed E-state index contributed by atoms with van der Waals surface area (Å²) < 4.78 is 26.8. The Balaban J connectivity index is 1.49. The summed E-state index contributed by atoms with van der Waals surface area (Å²) in [7, 11) is 0. The van der Waals surface area contributed by atoms with Gasteiger partial charge in [-0.05, 0) is 56.3 Å². The SMILES string of the molecule is CC(F)(F)C12CC(C34CC(C(=O)O)(C3)C4)(C1)C2. The fourth-order valence-electron chi connectivity index (χ4n) is 5.39. The van der Waals surface area contributed by atoms with Gasteiger partial charge >= 0.3 is 5.97 Å². The van der Waals surface area contributed by atoms with Crippen LogP contribution in [0.15, 0.2) is 0 Å². The number of hydrogen-bond acceptors (Lipinski definition) is 1. The van der Waals surface area contributed by atoms with Gasteiger partial charge in [-0.25, -0.2) is 8.78 Å². The Kier molecular flexibility index (Phi) is 1.29. The van der Waals surface area contributed by atoms with E-state index in [0.29, 0.717) is 19.3 Å². The molecule has 0 aliphatic heterocycles. The molecule has 6 fully saturated rings. The molecule has 0 atom stereocenters. The van der Waals surface area contributed by atoms with Crippen LogP contribution in [0.4, 0.5) is 8.78 Å². The topological polar surface area (TPSA) is 37.3 Å².